The van der Waals surface area contributed by atoms with Gasteiger partial charge >= 0.3 is 0 Å². The van der Waals surface area contributed by atoms with Gasteiger partial charge in [-0.2, -0.15) is 0 Å². The number of hydrogen-bond donors (Lipinski definition) is 1. The van der Waals surface area contributed by atoms with E-state index in [1.54, 1.807) is 0 Å². The molecule has 100 valence electrons. The van der Waals surface area contributed by atoms with E-state index in [0.717, 1.165) is 39.1 Å². The summed E-state index contributed by atoms with van der Waals surface area (Å²) < 4.78 is 5.43. The maximum Gasteiger partial charge on any atom is 0.0469 e. The van der Waals surface area contributed by atoms with Crippen LogP contribution in [0.25, 0.3) is 0 Å². The molecule has 1 atom stereocenters. The average molecular weight is 248 g/mol. The fourth-order valence-electron chi connectivity index (χ4n) is 2.82. The van der Waals surface area contributed by atoms with Gasteiger partial charge in [-0.25, -0.2) is 0 Å². The van der Waals surface area contributed by atoms with E-state index in [1.165, 1.54) is 5.56 Å². The molecule has 1 aromatic rings. The molecule has 18 heavy (non-hydrogen) atoms. The normalized spacial score (nSPS) is 19.1. The zero-order valence-corrected chi connectivity index (χ0v) is 11.2. The summed E-state index contributed by atoms with van der Waals surface area (Å²) in [7, 11) is 2.18. The predicted octanol–water partition coefficient (Wildman–Crippen LogP) is 1.87. The van der Waals surface area contributed by atoms with Crippen molar-refractivity contribution in [1.29, 1.82) is 0 Å². The summed E-state index contributed by atoms with van der Waals surface area (Å²) in [4.78, 5) is 2.39. The first-order chi connectivity index (χ1) is 8.81. The first kappa shape index (κ1) is 13.5. The molecule has 2 N–H and O–H groups in total. The highest BCUT2D eigenvalue weighted by Gasteiger charge is 2.26. The maximum atomic E-state index is 5.98. The molecule has 3 nitrogen and oxygen atoms in total. The zero-order valence-electron chi connectivity index (χ0n) is 11.2. The minimum Gasteiger partial charge on any atom is -0.381 e. The van der Waals surface area contributed by atoms with E-state index in [2.05, 4.69) is 42.3 Å². The van der Waals surface area contributed by atoms with Crippen molar-refractivity contribution >= 4 is 0 Å². The SMILES string of the molecule is CN(Cc1ccccc1)C(CN)C1CCOCC1. The van der Waals surface area contributed by atoms with Crippen LogP contribution in [0.15, 0.2) is 30.3 Å². The van der Waals surface area contributed by atoms with Gasteiger partial charge in [0.2, 0.25) is 0 Å². The molecule has 1 fully saturated rings. The van der Waals surface area contributed by atoms with Gasteiger partial charge in [-0.3, -0.25) is 4.90 Å². The summed E-state index contributed by atoms with van der Waals surface area (Å²) >= 11 is 0. The Labute approximate surface area is 110 Å². The van der Waals surface area contributed by atoms with Gasteiger partial charge in [-0.15, -0.1) is 0 Å². The molecule has 1 aromatic carbocycles. The highest BCUT2D eigenvalue weighted by atomic mass is 16.5. The number of nitrogens with zero attached hydrogens (tertiary/aromatic N) is 1. The molecular weight excluding hydrogens is 224 g/mol. The number of likely N-dealkylation sites (N-methyl/N-ethyl adjacent to an activating group) is 1. The summed E-state index contributed by atoms with van der Waals surface area (Å²) in [6.45, 7) is 3.48. The van der Waals surface area contributed by atoms with Crippen molar-refractivity contribution in [2.75, 3.05) is 26.8 Å². The van der Waals surface area contributed by atoms with E-state index in [4.69, 9.17) is 10.5 Å². The second-order valence-electron chi connectivity index (χ2n) is 5.15. The van der Waals surface area contributed by atoms with E-state index in [-0.39, 0.29) is 0 Å². The van der Waals surface area contributed by atoms with E-state index in [0.29, 0.717) is 12.0 Å². The quantitative estimate of drug-likeness (QED) is 0.864. The van der Waals surface area contributed by atoms with Crippen molar-refractivity contribution in [3.63, 3.8) is 0 Å². The first-order valence-corrected chi connectivity index (χ1v) is 6.83. The first-order valence-electron chi connectivity index (χ1n) is 6.83. The molecule has 1 aliphatic heterocycles. The van der Waals surface area contributed by atoms with Gasteiger partial charge < -0.3 is 10.5 Å². The third-order valence-corrected chi connectivity index (χ3v) is 3.89. The Morgan fingerprint density at radius 2 is 1.94 bits per heavy atom. The van der Waals surface area contributed by atoms with E-state index >= 15 is 0 Å². The molecule has 0 spiro atoms. The fraction of sp³-hybridized carbons (Fsp3) is 0.600. The second-order valence-corrected chi connectivity index (χ2v) is 5.15. The Morgan fingerprint density at radius 1 is 1.28 bits per heavy atom. The van der Waals surface area contributed by atoms with Crippen molar-refractivity contribution in [1.82, 2.24) is 4.90 Å². The smallest absolute Gasteiger partial charge is 0.0469 e. The van der Waals surface area contributed by atoms with Crippen molar-refractivity contribution in [3.05, 3.63) is 35.9 Å². The molecule has 0 radical (unpaired) electrons. The lowest BCUT2D eigenvalue weighted by Gasteiger charge is -2.36. The number of benzene rings is 1. The Kier molecular flexibility index (Phi) is 5.17. The van der Waals surface area contributed by atoms with Crippen LogP contribution in [0.3, 0.4) is 0 Å². The Morgan fingerprint density at radius 3 is 2.56 bits per heavy atom. The Hall–Kier alpha value is -0.900. The van der Waals surface area contributed by atoms with Crippen molar-refractivity contribution < 1.29 is 4.74 Å². The summed E-state index contributed by atoms with van der Waals surface area (Å²) in [5.41, 5.74) is 7.33. The van der Waals surface area contributed by atoms with E-state index < -0.39 is 0 Å². The lowest BCUT2D eigenvalue weighted by Crippen LogP contribution is -2.44. The van der Waals surface area contributed by atoms with Crippen LogP contribution >= 0.6 is 0 Å². The second kappa shape index (κ2) is 6.88. The summed E-state index contributed by atoms with van der Waals surface area (Å²) in [6, 6.07) is 11.1. The monoisotopic (exact) mass is 248 g/mol. The predicted molar refractivity (Wildman–Crippen MR) is 74.3 cm³/mol. The topological polar surface area (TPSA) is 38.5 Å². The third kappa shape index (κ3) is 3.55. The van der Waals surface area contributed by atoms with Gasteiger partial charge in [0.1, 0.15) is 0 Å². The molecule has 2 rings (SSSR count). The van der Waals surface area contributed by atoms with Gasteiger partial charge in [0.25, 0.3) is 0 Å². The molecule has 3 heteroatoms. The molecule has 0 aromatic heterocycles. The molecule has 1 unspecified atom stereocenters. The summed E-state index contributed by atoms with van der Waals surface area (Å²) in [5.74, 6) is 0.678. The summed E-state index contributed by atoms with van der Waals surface area (Å²) in [6.07, 6.45) is 2.28. The Balaban J connectivity index is 1.94. The third-order valence-electron chi connectivity index (χ3n) is 3.89. The molecule has 1 saturated heterocycles. The lowest BCUT2D eigenvalue weighted by molar-refractivity contribution is 0.0321. The number of ether oxygens (including phenoxy) is 1. The number of hydrogen-bond acceptors (Lipinski definition) is 3. The number of rotatable bonds is 5. The highest BCUT2D eigenvalue weighted by molar-refractivity contribution is 5.14. The van der Waals surface area contributed by atoms with Crippen LogP contribution in [0.1, 0.15) is 18.4 Å². The molecular formula is C15H24N2O. The van der Waals surface area contributed by atoms with Gasteiger partial charge in [-0.1, -0.05) is 30.3 Å². The van der Waals surface area contributed by atoms with Gasteiger partial charge in [-0.05, 0) is 31.4 Å². The van der Waals surface area contributed by atoms with E-state index in [9.17, 15) is 0 Å². The van der Waals surface area contributed by atoms with Crippen molar-refractivity contribution in [2.45, 2.75) is 25.4 Å². The largest absolute Gasteiger partial charge is 0.381 e. The van der Waals surface area contributed by atoms with Crippen molar-refractivity contribution in [3.8, 4) is 0 Å². The van der Waals surface area contributed by atoms with E-state index in [1.807, 2.05) is 0 Å². The van der Waals surface area contributed by atoms with Crippen LogP contribution in [0, 0.1) is 5.92 Å². The number of nitrogens with two attached hydrogens (primary N) is 1. The van der Waals surface area contributed by atoms with Gasteiger partial charge in [0.15, 0.2) is 0 Å². The molecule has 0 aliphatic carbocycles. The van der Waals surface area contributed by atoms with Crippen LogP contribution in [0.5, 0.6) is 0 Å². The standard InChI is InChI=1S/C15H24N2O/c1-17(12-13-5-3-2-4-6-13)15(11-16)14-7-9-18-10-8-14/h2-6,14-15H,7-12,16H2,1H3. The minimum atomic E-state index is 0.467. The van der Waals surface area contributed by atoms with Crippen LogP contribution < -0.4 is 5.73 Å². The molecule has 0 amide bonds. The molecule has 0 bridgehead atoms. The van der Waals surface area contributed by atoms with Crippen LogP contribution in [0.4, 0.5) is 0 Å². The molecule has 0 saturated carbocycles. The fourth-order valence-corrected chi connectivity index (χ4v) is 2.82. The van der Waals surface area contributed by atoms with Gasteiger partial charge in [0.05, 0.1) is 0 Å². The minimum absolute atomic E-state index is 0.467. The highest BCUT2D eigenvalue weighted by Crippen LogP contribution is 2.22. The zero-order chi connectivity index (χ0) is 12.8. The van der Waals surface area contributed by atoms with Crippen LogP contribution in [0.2, 0.25) is 0 Å². The van der Waals surface area contributed by atoms with Crippen LogP contribution in [-0.4, -0.2) is 37.7 Å². The molecule has 1 aliphatic rings. The Bertz CT molecular complexity index is 336. The maximum absolute atomic E-state index is 5.98. The van der Waals surface area contributed by atoms with Crippen LogP contribution in [-0.2, 0) is 11.3 Å². The van der Waals surface area contributed by atoms with Gasteiger partial charge in [0, 0.05) is 32.3 Å². The van der Waals surface area contributed by atoms with Crippen molar-refractivity contribution in [2.24, 2.45) is 11.7 Å². The lowest BCUT2D eigenvalue weighted by atomic mass is 9.90. The molecule has 1 heterocycles. The summed E-state index contributed by atoms with van der Waals surface area (Å²) in [5, 5.41) is 0. The average Bonchev–Trinajstić information content (AvgIpc) is 2.42.